The molecule has 44 heavy (non-hydrogen) atoms. The fourth-order valence-corrected chi connectivity index (χ4v) is 4.25. The van der Waals surface area contributed by atoms with Crippen molar-refractivity contribution >= 4 is 11.7 Å². The van der Waals surface area contributed by atoms with Gasteiger partial charge in [-0.25, -0.2) is 4.98 Å². The number of ether oxygens (including phenoxy) is 3. The number of hydrogen-bond donors (Lipinski definition) is 1. The third-order valence-electron chi connectivity index (χ3n) is 6.56. The van der Waals surface area contributed by atoms with Crippen LogP contribution >= 0.6 is 0 Å². The van der Waals surface area contributed by atoms with Crippen molar-refractivity contribution in [2.24, 2.45) is 0 Å². The Labute approximate surface area is 256 Å². The highest BCUT2D eigenvalue weighted by molar-refractivity contribution is 5.75. The van der Waals surface area contributed by atoms with E-state index in [4.69, 9.17) is 23.5 Å². The predicted octanol–water partition coefficient (Wildman–Crippen LogP) is 8.04. The number of hydroxylamine groups is 1. The van der Waals surface area contributed by atoms with Crippen LogP contribution in [-0.2, 0) is 27.6 Å². The summed E-state index contributed by atoms with van der Waals surface area (Å²) in [6, 6.07) is 34.5. The highest BCUT2D eigenvalue weighted by Crippen LogP contribution is 2.25. The summed E-state index contributed by atoms with van der Waals surface area (Å²) in [6.07, 6.45) is 1.85. The number of para-hydroxylation sites is 1. The van der Waals surface area contributed by atoms with Crippen molar-refractivity contribution in [3.8, 4) is 28.7 Å². The number of benzene rings is 4. The number of esters is 1. The molecule has 4 aromatic carbocycles. The van der Waals surface area contributed by atoms with Crippen molar-refractivity contribution < 1.29 is 28.3 Å². The van der Waals surface area contributed by atoms with Gasteiger partial charge in [-0.05, 0) is 91.7 Å². The molecule has 0 spiro atoms. The molecule has 0 amide bonds. The molecule has 0 aliphatic rings. The first-order chi connectivity index (χ1) is 21.6. The number of oxazole rings is 1. The summed E-state index contributed by atoms with van der Waals surface area (Å²) >= 11 is 0. The van der Waals surface area contributed by atoms with E-state index >= 15 is 0 Å². The van der Waals surface area contributed by atoms with Crippen molar-refractivity contribution in [3.05, 3.63) is 138 Å². The number of hydrogen-bond acceptors (Lipinski definition) is 8. The van der Waals surface area contributed by atoms with E-state index in [-0.39, 0.29) is 19.0 Å². The van der Waals surface area contributed by atoms with Crippen LogP contribution < -0.4 is 15.0 Å². The van der Waals surface area contributed by atoms with Crippen LogP contribution in [-0.4, -0.2) is 17.6 Å². The minimum atomic E-state index is -0.316. The van der Waals surface area contributed by atoms with Gasteiger partial charge in [-0.1, -0.05) is 48.5 Å². The molecule has 8 heteroatoms. The highest BCUT2D eigenvalue weighted by Gasteiger charge is 2.12. The molecule has 0 bridgehead atoms. The first-order valence-electron chi connectivity index (χ1n) is 14.4. The zero-order valence-corrected chi connectivity index (χ0v) is 24.7. The first-order valence-corrected chi connectivity index (χ1v) is 14.4. The van der Waals surface area contributed by atoms with Gasteiger partial charge in [-0.15, -0.1) is 0 Å². The molecule has 0 unspecified atom stereocenters. The lowest BCUT2D eigenvalue weighted by molar-refractivity contribution is -0.142. The average molecular weight is 591 g/mol. The molecule has 0 radical (unpaired) electrons. The Morgan fingerprint density at radius 1 is 0.818 bits per heavy atom. The molecule has 224 valence electrons. The summed E-state index contributed by atoms with van der Waals surface area (Å²) in [5.41, 5.74) is 7.08. The first kappa shape index (κ1) is 30.1. The highest BCUT2D eigenvalue weighted by atomic mass is 16.6. The fraction of sp³-hybridized carbons (Fsp3) is 0.167. The third-order valence-corrected chi connectivity index (χ3v) is 6.56. The molecule has 0 fully saturated rings. The largest absolute Gasteiger partial charge is 0.487 e. The normalized spacial score (nSPS) is 11.2. The van der Waals surface area contributed by atoms with Gasteiger partial charge < -0.3 is 18.6 Å². The summed E-state index contributed by atoms with van der Waals surface area (Å²) in [7, 11) is 0. The Hall–Kier alpha value is -5.34. The average Bonchev–Trinajstić information content (AvgIpc) is 3.44. The third kappa shape index (κ3) is 8.59. The van der Waals surface area contributed by atoms with E-state index in [0.717, 1.165) is 33.9 Å². The Kier molecular flexibility index (Phi) is 10.4. The second-order valence-corrected chi connectivity index (χ2v) is 9.78. The van der Waals surface area contributed by atoms with Gasteiger partial charge in [-0.3, -0.25) is 15.1 Å². The number of aryl methyl sites for hydroxylation is 1. The van der Waals surface area contributed by atoms with Gasteiger partial charge >= 0.3 is 5.97 Å². The molecular formula is C36H34N2O6. The lowest BCUT2D eigenvalue weighted by Crippen LogP contribution is -2.14. The monoisotopic (exact) mass is 590 g/mol. The molecular weight excluding hydrogens is 556 g/mol. The summed E-state index contributed by atoms with van der Waals surface area (Å²) in [5, 5.41) is 0. The Balaban J connectivity index is 1.16. The van der Waals surface area contributed by atoms with Gasteiger partial charge in [0, 0.05) is 5.56 Å². The molecule has 0 aliphatic carbocycles. The summed E-state index contributed by atoms with van der Waals surface area (Å²) in [5.74, 6) is 3.14. The van der Waals surface area contributed by atoms with Gasteiger partial charge in [0.15, 0.2) is 0 Å². The van der Waals surface area contributed by atoms with Crippen molar-refractivity contribution in [2.45, 2.75) is 33.5 Å². The van der Waals surface area contributed by atoms with Gasteiger partial charge in [0.1, 0.15) is 35.3 Å². The lowest BCUT2D eigenvalue weighted by Gasteiger charge is -2.13. The Bertz CT molecular complexity index is 1650. The SMILES string of the molecule is CCOC(=O)CC=C(NOCc1ccc(OCc2nc(-c3ccccc3)oc2C)cc1)c1ccc(Oc2ccccc2)cc1. The Morgan fingerprint density at radius 3 is 2.18 bits per heavy atom. The molecule has 0 saturated heterocycles. The van der Waals surface area contributed by atoms with E-state index in [1.165, 1.54) is 0 Å². The smallest absolute Gasteiger partial charge is 0.309 e. The van der Waals surface area contributed by atoms with Crippen LogP contribution in [0.5, 0.6) is 17.2 Å². The summed E-state index contributed by atoms with van der Waals surface area (Å²) < 4.78 is 22.8. The lowest BCUT2D eigenvalue weighted by atomic mass is 10.1. The minimum absolute atomic E-state index is 0.103. The van der Waals surface area contributed by atoms with Crippen LogP contribution in [0.4, 0.5) is 0 Å². The van der Waals surface area contributed by atoms with E-state index in [9.17, 15) is 4.79 Å². The van der Waals surface area contributed by atoms with Gasteiger partial charge in [-0.2, -0.15) is 0 Å². The van der Waals surface area contributed by atoms with E-state index in [0.29, 0.717) is 36.3 Å². The van der Waals surface area contributed by atoms with Gasteiger partial charge in [0.05, 0.1) is 25.3 Å². The van der Waals surface area contributed by atoms with Crippen LogP contribution in [0.2, 0.25) is 0 Å². The van der Waals surface area contributed by atoms with Crippen LogP contribution in [0, 0.1) is 6.92 Å². The van der Waals surface area contributed by atoms with E-state index in [1.54, 1.807) is 13.0 Å². The second kappa shape index (κ2) is 15.2. The van der Waals surface area contributed by atoms with Gasteiger partial charge in [0.25, 0.3) is 0 Å². The number of carbonyl (C=O) groups excluding carboxylic acids is 1. The molecule has 1 aromatic heterocycles. The summed E-state index contributed by atoms with van der Waals surface area (Å²) in [4.78, 5) is 22.4. The molecule has 1 N–H and O–H groups in total. The number of nitrogens with zero attached hydrogens (tertiary/aromatic N) is 1. The van der Waals surface area contributed by atoms with Crippen molar-refractivity contribution in [2.75, 3.05) is 6.61 Å². The zero-order chi connectivity index (χ0) is 30.6. The van der Waals surface area contributed by atoms with Crippen LogP contribution in [0.1, 0.15) is 35.9 Å². The second-order valence-electron chi connectivity index (χ2n) is 9.78. The van der Waals surface area contributed by atoms with Crippen LogP contribution in [0.15, 0.2) is 120 Å². The maximum atomic E-state index is 12.0. The van der Waals surface area contributed by atoms with Crippen LogP contribution in [0.25, 0.3) is 17.2 Å². The van der Waals surface area contributed by atoms with E-state index in [2.05, 4.69) is 10.5 Å². The topological polar surface area (TPSA) is 92.1 Å². The Morgan fingerprint density at radius 2 is 1.48 bits per heavy atom. The maximum absolute atomic E-state index is 12.0. The number of carbonyl (C=O) groups is 1. The minimum Gasteiger partial charge on any atom is -0.487 e. The molecule has 1 heterocycles. The molecule has 5 aromatic rings. The van der Waals surface area contributed by atoms with Gasteiger partial charge in [0.2, 0.25) is 5.89 Å². The van der Waals surface area contributed by atoms with Crippen LogP contribution in [0.3, 0.4) is 0 Å². The molecule has 8 nitrogen and oxygen atoms in total. The zero-order valence-electron chi connectivity index (χ0n) is 24.7. The predicted molar refractivity (Wildman–Crippen MR) is 168 cm³/mol. The quantitative estimate of drug-likeness (QED) is 0.103. The van der Waals surface area contributed by atoms with E-state index in [1.807, 2.05) is 116 Å². The number of nitrogens with one attached hydrogen (secondary N) is 1. The van der Waals surface area contributed by atoms with Crippen molar-refractivity contribution in [3.63, 3.8) is 0 Å². The molecule has 0 saturated carbocycles. The molecule has 5 rings (SSSR count). The molecule has 0 aliphatic heterocycles. The maximum Gasteiger partial charge on any atom is 0.309 e. The standard InChI is InChI=1S/C36H34N2O6/c1-3-40-35(39)23-22-33(28-16-20-32(21-17-28)44-31-12-8-5-9-13-31)38-42-24-27-14-18-30(19-15-27)41-25-34-26(2)43-36(37-34)29-10-6-4-7-11-29/h4-22,38H,3,23-25H2,1-2H3. The summed E-state index contributed by atoms with van der Waals surface area (Å²) in [6.45, 7) is 4.57. The molecule has 0 atom stereocenters. The number of aromatic nitrogens is 1. The van der Waals surface area contributed by atoms with E-state index < -0.39 is 0 Å². The van der Waals surface area contributed by atoms with Crippen molar-refractivity contribution in [1.82, 2.24) is 10.5 Å². The number of rotatable bonds is 14. The fourth-order valence-electron chi connectivity index (χ4n) is 4.25. The van der Waals surface area contributed by atoms with Crippen molar-refractivity contribution in [1.29, 1.82) is 0 Å².